The first-order valence-electron chi connectivity index (χ1n) is 4.84. The van der Waals surface area contributed by atoms with Gasteiger partial charge in [0.05, 0.1) is 11.8 Å². The van der Waals surface area contributed by atoms with Gasteiger partial charge >= 0.3 is 6.18 Å². The minimum Gasteiger partial charge on any atom is -0.330 e. The minimum atomic E-state index is -4.30. The van der Waals surface area contributed by atoms with E-state index in [9.17, 15) is 13.2 Å². The molecule has 6 heteroatoms. The number of aryl methyl sites for hydroxylation is 1. The average molecular weight is 221 g/mol. The lowest BCUT2D eigenvalue weighted by Gasteiger charge is -2.02. The van der Waals surface area contributed by atoms with E-state index in [1.165, 1.54) is 4.68 Å². The van der Waals surface area contributed by atoms with Crippen LogP contribution < -0.4 is 5.73 Å². The van der Waals surface area contributed by atoms with E-state index in [4.69, 9.17) is 5.73 Å². The van der Waals surface area contributed by atoms with E-state index in [0.29, 0.717) is 13.1 Å². The van der Waals surface area contributed by atoms with Gasteiger partial charge in [0.2, 0.25) is 0 Å². The van der Waals surface area contributed by atoms with Crippen LogP contribution in [0.1, 0.15) is 24.8 Å². The summed E-state index contributed by atoms with van der Waals surface area (Å²) in [7, 11) is 0. The van der Waals surface area contributed by atoms with E-state index in [1.54, 1.807) is 0 Å². The number of rotatable bonds is 5. The van der Waals surface area contributed by atoms with Crippen LogP contribution >= 0.6 is 0 Å². The van der Waals surface area contributed by atoms with E-state index in [-0.39, 0.29) is 0 Å². The number of hydrogen-bond acceptors (Lipinski definition) is 2. The van der Waals surface area contributed by atoms with Crippen LogP contribution in [0.4, 0.5) is 13.2 Å². The molecule has 15 heavy (non-hydrogen) atoms. The Kier molecular flexibility index (Phi) is 4.14. The summed E-state index contributed by atoms with van der Waals surface area (Å²) in [5.41, 5.74) is 4.60. The summed E-state index contributed by atoms with van der Waals surface area (Å²) in [5.74, 6) is 0. The molecule has 0 aliphatic rings. The zero-order valence-corrected chi connectivity index (χ0v) is 8.30. The lowest BCUT2D eigenvalue weighted by atomic mass is 10.2. The van der Waals surface area contributed by atoms with Gasteiger partial charge in [0.15, 0.2) is 0 Å². The van der Waals surface area contributed by atoms with E-state index in [1.807, 2.05) is 0 Å². The minimum absolute atomic E-state index is 0.510. The predicted octanol–water partition coefficient (Wildman–Crippen LogP) is 2.03. The van der Waals surface area contributed by atoms with Crippen LogP contribution in [-0.2, 0) is 12.7 Å². The molecular formula is C9H14F3N3. The number of hydrogen-bond donors (Lipinski definition) is 1. The molecule has 1 heterocycles. The maximum absolute atomic E-state index is 12.2. The van der Waals surface area contributed by atoms with Gasteiger partial charge in [-0.15, -0.1) is 0 Å². The largest absolute Gasteiger partial charge is 0.419 e. The maximum atomic E-state index is 12.2. The zero-order valence-electron chi connectivity index (χ0n) is 8.30. The Hall–Kier alpha value is -1.04. The average Bonchev–Trinajstić information content (AvgIpc) is 2.60. The molecule has 86 valence electrons. The molecule has 2 N–H and O–H groups in total. The molecule has 0 radical (unpaired) electrons. The number of aromatic nitrogens is 2. The van der Waals surface area contributed by atoms with E-state index in [0.717, 1.165) is 31.7 Å². The summed E-state index contributed by atoms with van der Waals surface area (Å²) in [6.07, 6.45) is 0.197. The van der Waals surface area contributed by atoms with Gasteiger partial charge < -0.3 is 5.73 Å². The molecule has 0 aliphatic carbocycles. The second-order valence-electron chi connectivity index (χ2n) is 3.34. The fraction of sp³-hybridized carbons (Fsp3) is 0.667. The van der Waals surface area contributed by atoms with Crippen molar-refractivity contribution >= 4 is 0 Å². The monoisotopic (exact) mass is 221 g/mol. The topological polar surface area (TPSA) is 43.8 Å². The summed E-state index contributed by atoms with van der Waals surface area (Å²) < 4.78 is 37.8. The molecule has 0 atom stereocenters. The second kappa shape index (κ2) is 5.16. The first kappa shape index (κ1) is 12.0. The number of unbranched alkanes of at least 4 members (excludes halogenated alkanes) is 2. The fourth-order valence-electron chi connectivity index (χ4n) is 1.23. The van der Waals surface area contributed by atoms with Gasteiger partial charge in [-0.3, -0.25) is 4.68 Å². The van der Waals surface area contributed by atoms with Crippen molar-refractivity contribution in [1.82, 2.24) is 9.78 Å². The highest BCUT2D eigenvalue weighted by Gasteiger charge is 2.31. The Bertz CT molecular complexity index is 293. The Morgan fingerprint density at radius 2 is 2.00 bits per heavy atom. The van der Waals surface area contributed by atoms with Crippen LogP contribution in [0.2, 0.25) is 0 Å². The molecule has 1 rings (SSSR count). The molecule has 1 aromatic rings. The normalized spacial score (nSPS) is 12.0. The molecule has 1 aromatic heterocycles. The molecule has 3 nitrogen and oxygen atoms in total. The molecule has 0 saturated heterocycles. The Balaban J connectivity index is 2.40. The van der Waals surface area contributed by atoms with E-state index in [2.05, 4.69) is 5.10 Å². The van der Waals surface area contributed by atoms with Gasteiger partial charge in [0, 0.05) is 12.7 Å². The smallest absolute Gasteiger partial charge is 0.330 e. The van der Waals surface area contributed by atoms with Crippen molar-refractivity contribution in [3.05, 3.63) is 18.0 Å². The SMILES string of the molecule is NCCCCCn1cc(C(F)(F)F)cn1. The van der Waals surface area contributed by atoms with Crippen LogP contribution in [0.15, 0.2) is 12.4 Å². The van der Waals surface area contributed by atoms with E-state index < -0.39 is 11.7 Å². The van der Waals surface area contributed by atoms with Crippen molar-refractivity contribution in [2.45, 2.75) is 32.0 Å². The predicted molar refractivity (Wildman–Crippen MR) is 50.1 cm³/mol. The third-order valence-electron chi connectivity index (χ3n) is 2.05. The Labute approximate surface area is 86.1 Å². The van der Waals surface area contributed by atoms with Crippen molar-refractivity contribution in [3.8, 4) is 0 Å². The summed E-state index contributed by atoms with van der Waals surface area (Å²) in [4.78, 5) is 0. The molecule has 0 unspecified atom stereocenters. The van der Waals surface area contributed by atoms with Crippen LogP contribution in [0.3, 0.4) is 0 Å². The molecule has 0 aliphatic heterocycles. The Morgan fingerprint density at radius 3 is 2.53 bits per heavy atom. The lowest BCUT2D eigenvalue weighted by Crippen LogP contribution is -2.04. The summed E-state index contributed by atoms with van der Waals surface area (Å²) in [6.45, 7) is 1.13. The zero-order chi connectivity index (χ0) is 11.3. The molecule has 0 spiro atoms. The molecule has 0 aromatic carbocycles. The van der Waals surface area contributed by atoms with Gasteiger partial charge in [-0.1, -0.05) is 6.42 Å². The standard InChI is InChI=1S/C9H14F3N3/c10-9(11,12)8-6-14-15(7-8)5-3-1-2-4-13/h6-7H,1-5,13H2. The lowest BCUT2D eigenvalue weighted by molar-refractivity contribution is -0.137. The number of halogens is 3. The van der Waals surface area contributed by atoms with Gasteiger partial charge in [0.25, 0.3) is 0 Å². The molecular weight excluding hydrogens is 207 g/mol. The highest BCUT2D eigenvalue weighted by Crippen LogP contribution is 2.28. The van der Waals surface area contributed by atoms with Gasteiger partial charge in [-0.05, 0) is 19.4 Å². The second-order valence-corrected chi connectivity index (χ2v) is 3.34. The van der Waals surface area contributed by atoms with Crippen LogP contribution in [-0.4, -0.2) is 16.3 Å². The maximum Gasteiger partial charge on any atom is 0.419 e. The first-order chi connectivity index (χ1) is 7.04. The van der Waals surface area contributed by atoms with Gasteiger partial charge in [-0.25, -0.2) is 0 Å². The first-order valence-corrected chi connectivity index (χ1v) is 4.84. The summed E-state index contributed by atoms with van der Waals surface area (Å²) in [6, 6.07) is 0. The third-order valence-corrected chi connectivity index (χ3v) is 2.05. The number of nitrogens with two attached hydrogens (primary N) is 1. The third kappa shape index (κ3) is 3.91. The van der Waals surface area contributed by atoms with Crippen LogP contribution in [0, 0.1) is 0 Å². The van der Waals surface area contributed by atoms with Crippen LogP contribution in [0.25, 0.3) is 0 Å². The summed E-state index contributed by atoms with van der Waals surface area (Å²) >= 11 is 0. The Morgan fingerprint density at radius 1 is 1.27 bits per heavy atom. The van der Waals surface area contributed by atoms with Gasteiger partial charge in [-0.2, -0.15) is 18.3 Å². The van der Waals surface area contributed by atoms with Crippen molar-refractivity contribution in [1.29, 1.82) is 0 Å². The highest BCUT2D eigenvalue weighted by molar-refractivity contribution is 5.08. The van der Waals surface area contributed by atoms with Crippen molar-refractivity contribution in [2.75, 3.05) is 6.54 Å². The van der Waals surface area contributed by atoms with Crippen molar-refractivity contribution in [2.24, 2.45) is 5.73 Å². The number of nitrogens with zero attached hydrogens (tertiary/aromatic N) is 2. The van der Waals surface area contributed by atoms with Gasteiger partial charge in [0.1, 0.15) is 0 Å². The molecule has 0 fully saturated rings. The molecule has 0 bridgehead atoms. The molecule has 0 saturated carbocycles. The van der Waals surface area contributed by atoms with E-state index >= 15 is 0 Å². The summed E-state index contributed by atoms with van der Waals surface area (Å²) in [5, 5.41) is 3.65. The van der Waals surface area contributed by atoms with Crippen molar-refractivity contribution < 1.29 is 13.2 Å². The fourth-order valence-corrected chi connectivity index (χ4v) is 1.23. The quantitative estimate of drug-likeness (QED) is 0.773. The highest BCUT2D eigenvalue weighted by atomic mass is 19.4. The van der Waals surface area contributed by atoms with Crippen LogP contribution in [0.5, 0.6) is 0 Å². The number of alkyl halides is 3. The molecule has 0 amide bonds. The van der Waals surface area contributed by atoms with Crippen molar-refractivity contribution in [3.63, 3.8) is 0 Å².